The largest absolute Gasteiger partial charge is 0.505 e. The van der Waals surface area contributed by atoms with Crippen LogP contribution in [0.3, 0.4) is 0 Å². The number of carbonyl (C=O) groups is 3. The number of ether oxygens (including phenoxy) is 5. The zero-order valence-corrected chi connectivity index (χ0v) is 35.2. The zero-order valence-electron chi connectivity index (χ0n) is 35.2. The summed E-state index contributed by atoms with van der Waals surface area (Å²) in [6.45, 7) is 4.28. The van der Waals surface area contributed by atoms with E-state index in [1.54, 1.807) is 6.07 Å². The number of allylic oxidation sites excluding steroid dienone is 1. The zero-order chi connectivity index (χ0) is 42.7. The fraction of sp³-hybridized carbons (Fsp3) is 0.468. The summed E-state index contributed by atoms with van der Waals surface area (Å²) in [5.41, 5.74) is 1.55. The number of rotatable bonds is 12. The summed E-state index contributed by atoms with van der Waals surface area (Å²) in [4.78, 5) is 67.8. The normalized spacial score (nSPS) is 21.5. The van der Waals surface area contributed by atoms with E-state index in [1.165, 1.54) is 48.5 Å². The second-order valence-electron chi connectivity index (χ2n) is 16.8. The molecule has 3 aliphatic rings. The molecule has 8 rings (SSSR count). The monoisotopic (exact) mass is 820 g/mol. The first-order chi connectivity index (χ1) is 28.9. The van der Waals surface area contributed by atoms with Gasteiger partial charge in [-0.3, -0.25) is 24.0 Å². The number of phenolic OH excluding ortho intramolecular Hbond substituents is 1. The molecule has 0 radical (unpaired) electrons. The number of phenols is 1. The predicted octanol–water partition coefficient (Wildman–Crippen LogP) is 7.50. The van der Waals surface area contributed by atoms with Crippen LogP contribution in [0.1, 0.15) is 82.3 Å². The van der Waals surface area contributed by atoms with Crippen LogP contribution >= 0.6 is 0 Å². The van der Waals surface area contributed by atoms with E-state index in [1.807, 2.05) is 13.0 Å². The van der Waals surface area contributed by atoms with Crippen molar-refractivity contribution in [2.45, 2.75) is 71.1 Å². The van der Waals surface area contributed by atoms with Crippen LogP contribution in [0.4, 0.5) is 11.4 Å². The van der Waals surface area contributed by atoms with Crippen LogP contribution in [0.5, 0.6) is 23.0 Å². The summed E-state index contributed by atoms with van der Waals surface area (Å²) in [6, 6.07) is 3.13. The molecule has 316 valence electrons. The lowest BCUT2D eigenvalue weighted by Gasteiger charge is -2.29. The fourth-order valence-electron chi connectivity index (χ4n) is 10.6. The van der Waals surface area contributed by atoms with Crippen LogP contribution in [0.15, 0.2) is 27.3 Å². The highest BCUT2D eigenvalue weighted by molar-refractivity contribution is 6.40. The van der Waals surface area contributed by atoms with Gasteiger partial charge in [0.05, 0.1) is 69.8 Å². The third kappa shape index (κ3) is 6.39. The van der Waals surface area contributed by atoms with Gasteiger partial charge in [0.1, 0.15) is 17.3 Å². The number of methoxy groups -OCH3 is 5. The molecule has 5 aromatic rings. The number of anilines is 2. The van der Waals surface area contributed by atoms with Gasteiger partial charge in [0, 0.05) is 69.0 Å². The van der Waals surface area contributed by atoms with Crippen LogP contribution in [0.25, 0.3) is 49.2 Å². The molecule has 0 aromatic heterocycles. The Balaban J connectivity index is 1.42. The molecule has 0 bridgehead atoms. The number of Topliss-reactive ketones (excluding diaryl/α,β-unsaturated/α-hetero) is 1. The van der Waals surface area contributed by atoms with Gasteiger partial charge in [-0.25, -0.2) is 0 Å². The molecule has 1 unspecified atom stereocenters. The molecule has 0 aliphatic heterocycles. The molecule has 60 heavy (non-hydrogen) atoms. The standard InChI is InChI=1S/C47H52N2O11/c1-21-16-27-33-38-35(43(52)42(27)49-20-24-10-14-26(15-11-24)47(55)60-7)29(51)18-31(57-4)37(38)36-30(56-3)17-28(48-19-23-8-12-25(13-9-23)46(54)59-6)34-40(36)39(33)41(32(21)22(2)50)45(58-5)44(34)53/h16-18,23-26,32,48-49,52H,8-15,19-20H2,1-7H3. The number of benzene rings is 5. The summed E-state index contributed by atoms with van der Waals surface area (Å²) in [5, 5.41) is 22.9. The van der Waals surface area contributed by atoms with Gasteiger partial charge in [0.2, 0.25) is 5.43 Å². The molecule has 0 spiro atoms. The Hall–Kier alpha value is -5.85. The predicted molar refractivity (Wildman–Crippen MR) is 232 cm³/mol. The van der Waals surface area contributed by atoms with Crippen LogP contribution in [-0.4, -0.2) is 71.5 Å². The van der Waals surface area contributed by atoms with Crippen molar-refractivity contribution >= 4 is 78.3 Å². The van der Waals surface area contributed by atoms with Crippen molar-refractivity contribution in [3.63, 3.8) is 0 Å². The van der Waals surface area contributed by atoms with Gasteiger partial charge >= 0.3 is 11.9 Å². The fourth-order valence-corrected chi connectivity index (χ4v) is 10.6. The molecule has 0 heterocycles. The number of hydrogen-bond donors (Lipinski definition) is 3. The highest BCUT2D eigenvalue weighted by atomic mass is 16.5. The number of nitrogens with one attached hydrogen (secondary N) is 2. The molecule has 3 N–H and O–H groups in total. The van der Waals surface area contributed by atoms with Crippen molar-refractivity contribution in [3.8, 4) is 23.0 Å². The molecule has 3 aliphatic carbocycles. The number of carbonyl (C=O) groups excluding carboxylic acids is 3. The molecule has 2 fully saturated rings. The maximum atomic E-state index is 15.1. The van der Waals surface area contributed by atoms with Gasteiger partial charge in [-0.2, -0.15) is 0 Å². The summed E-state index contributed by atoms with van der Waals surface area (Å²) in [7, 11) is 7.25. The van der Waals surface area contributed by atoms with E-state index in [9.17, 15) is 24.3 Å². The Bertz CT molecular complexity index is 2710. The number of aromatic hydroxyl groups is 1. The van der Waals surface area contributed by atoms with Gasteiger partial charge in [-0.15, -0.1) is 0 Å². The van der Waals surface area contributed by atoms with E-state index in [0.29, 0.717) is 110 Å². The topological polar surface area (TPSA) is 176 Å². The summed E-state index contributed by atoms with van der Waals surface area (Å²) in [6.07, 6.45) is 7.77. The van der Waals surface area contributed by atoms with Gasteiger partial charge in [0.25, 0.3) is 0 Å². The lowest BCUT2D eigenvalue weighted by atomic mass is 9.80. The molecule has 13 nitrogen and oxygen atoms in total. The smallest absolute Gasteiger partial charge is 0.308 e. The van der Waals surface area contributed by atoms with Crippen molar-refractivity contribution in [3.05, 3.63) is 49.3 Å². The highest BCUT2D eigenvalue weighted by Crippen LogP contribution is 2.57. The van der Waals surface area contributed by atoms with Gasteiger partial charge in [-0.05, 0) is 82.4 Å². The molecule has 13 heteroatoms. The van der Waals surface area contributed by atoms with Crippen molar-refractivity contribution < 1.29 is 43.2 Å². The first-order valence-corrected chi connectivity index (χ1v) is 20.8. The van der Waals surface area contributed by atoms with Crippen molar-refractivity contribution in [1.82, 2.24) is 0 Å². The Labute approximate surface area is 347 Å². The van der Waals surface area contributed by atoms with E-state index < -0.39 is 16.8 Å². The van der Waals surface area contributed by atoms with Gasteiger partial charge in [-0.1, -0.05) is 11.6 Å². The molecule has 0 saturated heterocycles. The number of hydrogen-bond acceptors (Lipinski definition) is 13. The first kappa shape index (κ1) is 40.9. The Kier molecular flexibility index (Phi) is 10.9. The summed E-state index contributed by atoms with van der Waals surface area (Å²) >= 11 is 0. The third-order valence-corrected chi connectivity index (χ3v) is 13.6. The maximum Gasteiger partial charge on any atom is 0.308 e. The Morgan fingerprint density at radius 1 is 0.667 bits per heavy atom. The van der Waals surface area contributed by atoms with E-state index in [4.69, 9.17) is 23.7 Å². The lowest BCUT2D eigenvalue weighted by molar-refractivity contribution is -0.147. The lowest BCUT2D eigenvalue weighted by Crippen LogP contribution is -2.26. The van der Waals surface area contributed by atoms with Crippen LogP contribution in [0.2, 0.25) is 0 Å². The minimum atomic E-state index is -0.905. The number of esters is 2. The number of fused-ring (bicyclic) bond motifs is 1. The molecular weight excluding hydrogens is 769 g/mol. The molecule has 1 atom stereocenters. The quantitative estimate of drug-likeness (QED) is 0.0489. The molecule has 5 aromatic carbocycles. The van der Waals surface area contributed by atoms with E-state index in [-0.39, 0.29) is 64.0 Å². The van der Waals surface area contributed by atoms with E-state index in [2.05, 4.69) is 10.6 Å². The average molecular weight is 821 g/mol. The van der Waals surface area contributed by atoms with E-state index in [0.717, 1.165) is 25.7 Å². The summed E-state index contributed by atoms with van der Waals surface area (Å²) < 4.78 is 28.1. The third-order valence-electron chi connectivity index (χ3n) is 13.6. The van der Waals surface area contributed by atoms with Crippen LogP contribution in [0, 0.1) is 23.7 Å². The molecule has 0 amide bonds. The van der Waals surface area contributed by atoms with E-state index >= 15 is 4.79 Å². The van der Waals surface area contributed by atoms with Crippen molar-refractivity contribution in [1.29, 1.82) is 0 Å². The number of ketones is 1. The Morgan fingerprint density at radius 3 is 1.72 bits per heavy atom. The highest BCUT2D eigenvalue weighted by Gasteiger charge is 2.38. The minimum Gasteiger partial charge on any atom is -0.505 e. The minimum absolute atomic E-state index is 0.0165. The molecular formula is C47H52N2O11. The van der Waals surface area contributed by atoms with Crippen molar-refractivity contribution in [2.75, 3.05) is 59.3 Å². The van der Waals surface area contributed by atoms with Crippen LogP contribution in [-0.2, 0) is 23.9 Å². The van der Waals surface area contributed by atoms with Gasteiger partial charge < -0.3 is 39.4 Å². The average Bonchev–Trinajstić information content (AvgIpc) is 3.39. The second-order valence-corrected chi connectivity index (χ2v) is 16.8. The summed E-state index contributed by atoms with van der Waals surface area (Å²) in [5.74, 6) is -1.00. The maximum absolute atomic E-state index is 15.1. The first-order valence-electron chi connectivity index (χ1n) is 20.8. The Morgan fingerprint density at radius 2 is 1.20 bits per heavy atom. The molecule has 2 saturated carbocycles. The second kappa shape index (κ2) is 16.0. The van der Waals surface area contributed by atoms with Gasteiger partial charge in [0.15, 0.2) is 16.9 Å². The SMILES string of the molecule is COC(=O)C1CCC(CNc2c(O)c3c(=O)cc(OC)c4c5c(OC)cc(NCC6CCC(C(=O)OC)CC6)c6c(=O)c(OC)c7c(c(c2C=C(C)C7C(C)=O)c34)c65)CC1. The van der Waals surface area contributed by atoms with Crippen molar-refractivity contribution in [2.24, 2.45) is 23.7 Å². The van der Waals surface area contributed by atoms with Crippen LogP contribution < -0.4 is 35.7 Å².